The van der Waals surface area contributed by atoms with Crippen LogP contribution in [-0.4, -0.2) is 37.3 Å². The molecule has 2 aliphatic rings. The normalized spacial score (nSPS) is 18.0. The van der Waals surface area contributed by atoms with Gasteiger partial charge in [0, 0.05) is 0 Å². The van der Waals surface area contributed by atoms with E-state index >= 15 is 0 Å². The molecular formula is C24H35Cl3O4Ti. The fourth-order valence-electron chi connectivity index (χ4n) is 2.89. The fraction of sp³-hybridized carbons (Fsp3) is 0.500. The maximum atomic E-state index is 6.22. The molecule has 0 spiro atoms. The first-order valence-corrected chi connectivity index (χ1v) is 10.8. The monoisotopic (exact) mass is 540 g/mol. The van der Waals surface area contributed by atoms with Crippen molar-refractivity contribution in [2.45, 2.75) is 63.6 Å². The van der Waals surface area contributed by atoms with Crippen LogP contribution in [0.5, 0.6) is 0 Å². The molecule has 1 heterocycles. The average Bonchev–Trinajstić information content (AvgIpc) is 3.22. The molecule has 180 valence electrons. The van der Waals surface area contributed by atoms with E-state index in [0.29, 0.717) is 0 Å². The van der Waals surface area contributed by atoms with E-state index in [9.17, 15) is 0 Å². The Morgan fingerprint density at radius 1 is 0.906 bits per heavy atom. The zero-order chi connectivity index (χ0) is 21.7. The van der Waals surface area contributed by atoms with Crippen LogP contribution in [0.4, 0.5) is 0 Å². The number of halogens is 3. The van der Waals surface area contributed by atoms with Crippen LogP contribution >= 0.6 is 0 Å². The molecule has 1 aliphatic carbocycles. The Hall–Kier alpha value is -0.296. The number of rotatable bonds is 12. The second-order valence-electron chi connectivity index (χ2n) is 7.26. The maximum Gasteiger partial charge on any atom is 0.162 e. The Morgan fingerprint density at radius 2 is 1.34 bits per heavy atom. The van der Waals surface area contributed by atoms with E-state index < -0.39 is 0 Å². The van der Waals surface area contributed by atoms with E-state index in [1.54, 1.807) is 0 Å². The molecule has 1 saturated heterocycles. The Labute approximate surface area is 224 Å². The standard InChI is InChI=1S/C19H25O2.C5H10O2.3ClH.Ti/c1-5-10-16(11-6-2)20-18-14-9-15-19(18)21-17(12-7-3)13-8-4;1-5(2)6-3-4-7-5;;;;/h5-9,14,16-17,19H,1-4,10-13H2;3-4H2,1-2H3;3*1H;/q;;;;;+3/p-3/t19-;;;;;/m0...../s1. The molecule has 4 nitrogen and oxygen atoms in total. The molecule has 0 unspecified atom stereocenters. The van der Waals surface area contributed by atoms with Gasteiger partial charge >= 0.3 is 146 Å². The average molecular weight is 542 g/mol. The molecule has 8 heteroatoms. The zero-order valence-electron chi connectivity index (χ0n) is 19.0. The third-order valence-corrected chi connectivity index (χ3v) is 4.97. The molecule has 1 fully saturated rings. The van der Waals surface area contributed by atoms with Gasteiger partial charge in [-0.25, -0.2) is 0 Å². The summed E-state index contributed by atoms with van der Waals surface area (Å²) in [6, 6.07) is 0. The van der Waals surface area contributed by atoms with Gasteiger partial charge in [0.2, 0.25) is 0 Å². The first-order chi connectivity index (χ1) is 13.9. The van der Waals surface area contributed by atoms with Crippen molar-refractivity contribution in [1.29, 1.82) is 0 Å². The summed E-state index contributed by atoms with van der Waals surface area (Å²) in [5.41, 5.74) is 0. The molecule has 0 radical (unpaired) electrons. The molecule has 0 N–H and O–H groups in total. The van der Waals surface area contributed by atoms with Crippen LogP contribution in [0.15, 0.2) is 72.4 Å². The van der Waals surface area contributed by atoms with Crippen LogP contribution in [-0.2, 0) is 39.4 Å². The largest absolute Gasteiger partial charge is 1.00 e. The van der Waals surface area contributed by atoms with Gasteiger partial charge in [-0.15, -0.1) is 0 Å². The van der Waals surface area contributed by atoms with Gasteiger partial charge in [0.15, 0.2) is 5.79 Å². The zero-order valence-corrected chi connectivity index (χ0v) is 22.9. The Bertz CT molecular complexity index is 592. The number of hydrogen-bond acceptors (Lipinski definition) is 4. The molecule has 0 aromatic heterocycles. The van der Waals surface area contributed by atoms with Gasteiger partial charge in [-0.3, -0.25) is 0 Å². The summed E-state index contributed by atoms with van der Waals surface area (Å²) in [6.07, 6.45) is 14.7. The van der Waals surface area contributed by atoms with Gasteiger partial charge in [0.05, 0.1) is 13.2 Å². The molecule has 0 saturated carbocycles. The van der Waals surface area contributed by atoms with Gasteiger partial charge in [0.25, 0.3) is 0 Å². The summed E-state index contributed by atoms with van der Waals surface area (Å²) in [4.78, 5) is 0. The van der Waals surface area contributed by atoms with Crippen molar-refractivity contribution in [2.24, 2.45) is 0 Å². The minimum Gasteiger partial charge on any atom is -1.00 e. The van der Waals surface area contributed by atoms with Gasteiger partial charge in [-0.1, -0.05) is 0 Å². The van der Waals surface area contributed by atoms with E-state index in [0.717, 1.165) is 48.5 Å². The van der Waals surface area contributed by atoms with Crippen LogP contribution in [0.3, 0.4) is 0 Å². The molecular weight excluding hydrogens is 506 g/mol. The molecule has 0 amide bonds. The van der Waals surface area contributed by atoms with E-state index in [4.69, 9.17) is 18.9 Å². The quantitative estimate of drug-likeness (QED) is 0.190. The second-order valence-corrected chi connectivity index (χ2v) is 8.16. The Kier molecular flexibility index (Phi) is 22.8. The van der Waals surface area contributed by atoms with Crippen LogP contribution in [0.2, 0.25) is 0 Å². The number of hydrogen-bond donors (Lipinski definition) is 0. The maximum absolute atomic E-state index is 6.22. The minimum atomic E-state index is -0.306. The SMILES string of the molecule is C=CCC(CC=C)OC1=CC=[C]([Ti+3])[C@@H]1OC(CC=C)CC=C.CC1(C)OCCO1.[Cl-].[Cl-].[Cl-]. The van der Waals surface area contributed by atoms with Crippen molar-refractivity contribution >= 4 is 0 Å². The van der Waals surface area contributed by atoms with E-state index in [1.807, 2.05) is 44.2 Å². The van der Waals surface area contributed by atoms with E-state index in [1.165, 1.54) is 0 Å². The van der Waals surface area contributed by atoms with Crippen LogP contribution in [0.1, 0.15) is 39.5 Å². The van der Waals surface area contributed by atoms with Gasteiger partial charge in [-0.05, 0) is 13.8 Å². The van der Waals surface area contributed by atoms with Gasteiger partial charge in [-0.2, -0.15) is 0 Å². The fourth-order valence-corrected chi connectivity index (χ4v) is 3.34. The molecule has 2 rings (SSSR count). The second kappa shape index (κ2) is 20.1. The molecule has 32 heavy (non-hydrogen) atoms. The molecule has 0 aromatic rings. The van der Waals surface area contributed by atoms with E-state index in [-0.39, 0.29) is 61.3 Å². The van der Waals surface area contributed by atoms with Crippen molar-refractivity contribution < 1.29 is 76.6 Å². The number of ether oxygens (including phenoxy) is 4. The first kappa shape index (κ1) is 36.3. The van der Waals surface area contributed by atoms with Gasteiger partial charge < -0.3 is 46.7 Å². The first-order valence-electron chi connectivity index (χ1n) is 10.0. The molecule has 0 aromatic carbocycles. The Morgan fingerprint density at radius 3 is 1.72 bits per heavy atom. The van der Waals surface area contributed by atoms with Crippen molar-refractivity contribution in [1.82, 2.24) is 0 Å². The summed E-state index contributed by atoms with van der Waals surface area (Å²) >= 11 is 2.06. The predicted octanol–water partition coefficient (Wildman–Crippen LogP) is -3.46. The van der Waals surface area contributed by atoms with Crippen LogP contribution in [0, 0.1) is 0 Å². The Balaban J connectivity index is -0.000000719. The van der Waals surface area contributed by atoms with E-state index in [2.05, 4.69) is 52.8 Å². The summed E-state index contributed by atoms with van der Waals surface area (Å²) in [7, 11) is 0. The third kappa shape index (κ3) is 14.1. The molecule has 1 atom stereocenters. The van der Waals surface area contributed by atoms with Crippen LogP contribution < -0.4 is 37.2 Å². The summed E-state index contributed by atoms with van der Waals surface area (Å²) in [6.45, 7) is 20.5. The van der Waals surface area contributed by atoms with Crippen molar-refractivity contribution in [2.75, 3.05) is 13.2 Å². The van der Waals surface area contributed by atoms with Crippen molar-refractivity contribution in [3.8, 4) is 0 Å². The molecule has 0 bridgehead atoms. The van der Waals surface area contributed by atoms with Gasteiger partial charge in [0.1, 0.15) is 0 Å². The predicted molar refractivity (Wildman–Crippen MR) is 115 cm³/mol. The topological polar surface area (TPSA) is 36.9 Å². The summed E-state index contributed by atoms with van der Waals surface area (Å²) < 4.78 is 23.7. The summed E-state index contributed by atoms with van der Waals surface area (Å²) in [5.74, 6) is 0.560. The third-order valence-electron chi connectivity index (χ3n) is 4.30. The summed E-state index contributed by atoms with van der Waals surface area (Å²) in [5, 5.41) is 0. The molecule has 1 aliphatic heterocycles. The minimum absolute atomic E-state index is 0. The van der Waals surface area contributed by atoms with Crippen molar-refractivity contribution in [3.05, 3.63) is 72.4 Å². The number of allylic oxidation sites excluding steroid dienone is 2. The van der Waals surface area contributed by atoms with Crippen molar-refractivity contribution in [3.63, 3.8) is 0 Å². The smallest absolute Gasteiger partial charge is 0.162 e. The van der Waals surface area contributed by atoms with Crippen LogP contribution in [0.25, 0.3) is 0 Å².